The molecule has 1 unspecified atom stereocenters. The lowest BCUT2D eigenvalue weighted by molar-refractivity contribution is 0.168. The van der Waals surface area contributed by atoms with Crippen molar-refractivity contribution in [2.75, 3.05) is 32.8 Å². The molecule has 0 amide bonds. The van der Waals surface area contributed by atoms with Gasteiger partial charge in [0.25, 0.3) is 0 Å². The van der Waals surface area contributed by atoms with Crippen LogP contribution in [-0.2, 0) is 0 Å². The van der Waals surface area contributed by atoms with E-state index in [2.05, 4.69) is 44.7 Å². The standard InChI is InChI=1S/C20H34N2O/c1-5-9-22-10-7-17(8-11-22)19(14-21)18-12-15(3)16(4)13-20(18)23-6-2/h12-13,17,19H,5-11,14,21H2,1-4H3. The Labute approximate surface area is 142 Å². The Bertz CT molecular complexity index is 493. The molecule has 0 spiro atoms. The first kappa shape index (κ1) is 18.3. The second kappa shape index (κ2) is 8.70. The van der Waals surface area contributed by atoms with Gasteiger partial charge in [0.15, 0.2) is 0 Å². The van der Waals surface area contributed by atoms with E-state index < -0.39 is 0 Å². The highest BCUT2D eigenvalue weighted by atomic mass is 16.5. The third-order valence-corrected chi connectivity index (χ3v) is 5.32. The molecule has 130 valence electrons. The predicted molar refractivity (Wildman–Crippen MR) is 98.3 cm³/mol. The number of likely N-dealkylation sites (tertiary alicyclic amines) is 1. The molecule has 23 heavy (non-hydrogen) atoms. The van der Waals surface area contributed by atoms with E-state index in [9.17, 15) is 0 Å². The third kappa shape index (κ3) is 4.48. The number of benzene rings is 1. The molecular formula is C20H34N2O. The van der Waals surface area contributed by atoms with Crippen molar-refractivity contribution in [1.82, 2.24) is 4.90 Å². The molecule has 1 aromatic carbocycles. The van der Waals surface area contributed by atoms with Crippen molar-refractivity contribution in [2.24, 2.45) is 11.7 Å². The lowest BCUT2D eigenvalue weighted by Crippen LogP contribution is -2.37. The maximum absolute atomic E-state index is 6.21. The van der Waals surface area contributed by atoms with Crippen molar-refractivity contribution in [3.8, 4) is 5.75 Å². The highest BCUT2D eigenvalue weighted by Gasteiger charge is 2.28. The van der Waals surface area contributed by atoms with Crippen LogP contribution in [-0.4, -0.2) is 37.7 Å². The first-order chi connectivity index (χ1) is 11.1. The van der Waals surface area contributed by atoms with Gasteiger partial charge in [-0.3, -0.25) is 0 Å². The summed E-state index contributed by atoms with van der Waals surface area (Å²) >= 11 is 0. The molecule has 3 nitrogen and oxygen atoms in total. The van der Waals surface area contributed by atoms with Crippen LogP contribution in [0.5, 0.6) is 5.75 Å². The van der Waals surface area contributed by atoms with Gasteiger partial charge in [-0.05, 0) is 94.9 Å². The molecule has 2 N–H and O–H groups in total. The van der Waals surface area contributed by atoms with Crippen LogP contribution in [0.1, 0.15) is 55.7 Å². The van der Waals surface area contributed by atoms with E-state index in [1.807, 2.05) is 0 Å². The molecule has 1 fully saturated rings. The molecule has 0 radical (unpaired) electrons. The van der Waals surface area contributed by atoms with E-state index in [0.29, 0.717) is 25.0 Å². The normalized spacial score (nSPS) is 18.1. The van der Waals surface area contributed by atoms with Gasteiger partial charge in [-0.1, -0.05) is 13.0 Å². The number of aryl methyl sites for hydroxylation is 2. The summed E-state index contributed by atoms with van der Waals surface area (Å²) in [4.78, 5) is 2.59. The second-order valence-electron chi connectivity index (χ2n) is 6.93. The molecule has 2 rings (SSSR count). The van der Waals surface area contributed by atoms with Gasteiger partial charge in [-0.15, -0.1) is 0 Å². The van der Waals surface area contributed by atoms with Crippen molar-refractivity contribution in [3.05, 3.63) is 28.8 Å². The van der Waals surface area contributed by atoms with Crippen molar-refractivity contribution >= 4 is 0 Å². The van der Waals surface area contributed by atoms with Gasteiger partial charge in [0, 0.05) is 5.92 Å². The molecule has 0 aromatic heterocycles. The summed E-state index contributed by atoms with van der Waals surface area (Å²) in [7, 11) is 0. The fraction of sp³-hybridized carbons (Fsp3) is 0.700. The van der Waals surface area contributed by atoms with Gasteiger partial charge in [0.2, 0.25) is 0 Å². The summed E-state index contributed by atoms with van der Waals surface area (Å²) < 4.78 is 5.94. The number of hydrogen-bond donors (Lipinski definition) is 1. The van der Waals surface area contributed by atoms with E-state index in [0.717, 1.165) is 5.75 Å². The molecule has 1 atom stereocenters. The number of ether oxygens (including phenoxy) is 1. The van der Waals surface area contributed by atoms with E-state index in [-0.39, 0.29) is 0 Å². The number of hydrogen-bond acceptors (Lipinski definition) is 3. The molecule has 0 bridgehead atoms. The summed E-state index contributed by atoms with van der Waals surface area (Å²) in [6, 6.07) is 4.51. The molecule has 1 aromatic rings. The van der Waals surface area contributed by atoms with Crippen LogP contribution in [0.15, 0.2) is 12.1 Å². The minimum Gasteiger partial charge on any atom is -0.494 e. The van der Waals surface area contributed by atoms with Crippen LogP contribution in [0.2, 0.25) is 0 Å². The minimum atomic E-state index is 0.416. The Balaban J connectivity index is 2.19. The van der Waals surface area contributed by atoms with Crippen LogP contribution in [0.4, 0.5) is 0 Å². The zero-order chi connectivity index (χ0) is 16.8. The Morgan fingerprint density at radius 3 is 2.39 bits per heavy atom. The maximum Gasteiger partial charge on any atom is 0.123 e. The van der Waals surface area contributed by atoms with Crippen molar-refractivity contribution in [2.45, 2.75) is 52.9 Å². The van der Waals surface area contributed by atoms with Crippen LogP contribution >= 0.6 is 0 Å². The van der Waals surface area contributed by atoms with E-state index in [1.165, 1.54) is 55.6 Å². The number of nitrogens with zero attached hydrogens (tertiary/aromatic N) is 1. The van der Waals surface area contributed by atoms with Crippen LogP contribution < -0.4 is 10.5 Å². The van der Waals surface area contributed by atoms with Crippen LogP contribution in [0.3, 0.4) is 0 Å². The first-order valence-corrected chi connectivity index (χ1v) is 9.27. The summed E-state index contributed by atoms with van der Waals surface area (Å²) in [5.74, 6) is 2.14. The summed E-state index contributed by atoms with van der Waals surface area (Å²) in [6.07, 6.45) is 3.75. The van der Waals surface area contributed by atoms with Gasteiger partial charge in [-0.2, -0.15) is 0 Å². The fourth-order valence-corrected chi connectivity index (χ4v) is 3.85. The van der Waals surface area contributed by atoms with Gasteiger partial charge >= 0.3 is 0 Å². The van der Waals surface area contributed by atoms with Crippen LogP contribution in [0.25, 0.3) is 0 Å². The third-order valence-electron chi connectivity index (χ3n) is 5.32. The summed E-state index contributed by atoms with van der Waals surface area (Å²) in [5, 5.41) is 0. The Morgan fingerprint density at radius 2 is 1.83 bits per heavy atom. The minimum absolute atomic E-state index is 0.416. The maximum atomic E-state index is 6.21. The summed E-state index contributed by atoms with van der Waals surface area (Å²) in [5.41, 5.74) is 10.2. The molecule has 1 aliphatic heterocycles. The van der Waals surface area contributed by atoms with E-state index in [4.69, 9.17) is 10.5 Å². The van der Waals surface area contributed by atoms with Gasteiger partial charge in [0.05, 0.1) is 6.61 Å². The molecular weight excluding hydrogens is 284 g/mol. The second-order valence-corrected chi connectivity index (χ2v) is 6.93. The lowest BCUT2D eigenvalue weighted by Gasteiger charge is -2.36. The lowest BCUT2D eigenvalue weighted by atomic mass is 9.79. The van der Waals surface area contributed by atoms with E-state index in [1.54, 1.807) is 0 Å². The predicted octanol–water partition coefficient (Wildman–Crippen LogP) is 3.87. The Kier molecular flexibility index (Phi) is 6.91. The molecule has 1 heterocycles. The topological polar surface area (TPSA) is 38.5 Å². The zero-order valence-electron chi connectivity index (χ0n) is 15.4. The largest absolute Gasteiger partial charge is 0.494 e. The van der Waals surface area contributed by atoms with E-state index >= 15 is 0 Å². The van der Waals surface area contributed by atoms with Gasteiger partial charge < -0.3 is 15.4 Å². The van der Waals surface area contributed by atoms with Crippen molar-refractivity contribution in [1.29, 1.82) is 0 Å². The summed E-state index contributed by atoms with van der Waals surface area (Å²) in [6.45, 7) is 13.7. The Morgan fingerprint density at radius 1 is 1.17 bits per heavy atom. The fourth-order valence-electron chi connectivity index (χ4n) is 3.85. The Hall–Kier alpha value is -1.06. The zero-order valence-corrected chi connectivity index (χ0v) is 15.4. The quantitative estimate of drug-likeness (QED) is 0.829. The van der Waals surface area contributed by atoms with Gasteiger partial charge in [0.1, 0.15) is 5.75 Å². The van der Waals surface area contributed by atoms with Crippen LogP contribution in [0, 0.1) is 19.8 Å². The molecule has 1 saturated heterocycles. The van der Waals surface area contributed by atoms with Gasteiger partial charge in [-0.25, -0.2) is 0 Å². The molecule has 3 heteroatoms. The monoisotopic (exact) mass is 318 g/mol. The number of piperidine rings is 1. The smallest absolute Gasteiger partial charge is 0.123 e. The number of rotatable bonds is 7. The van der Waals surface area contributed by atoms with Crippen molar-refractivity contribution in [3.63, 3.8) is 0 Å². The number of nitrogens with two attached hydrogens (primary N) is 1. The SMILES string of the molecule is CCCN1CCC(C(CN)c2cc(C)c(C)cc2OCC)CC1. The average molecular weight is 319 g/mol. The average Bonchev–Trinajstić information content (AvgIpc) is 2.54. The molecule has 0 saturated carbocycles. The highest BCUT2D eigenvalue weighted by molar-refractivity contribution is 5.44. The molecule has 0 aliphatic carbocycles. The molecule has 1 aliphatic rings. The highest BCUT2D eigenvalue weighted by Crippen LogP contribution is 2.38. The van der Waals surface area contributed by atoms with Crippen molar-refractivity contribution < 1.29 is 4.74 Å². The first-order valence-electron chi connectivity index (χ1n) is 9.27.